The van der Waals surface area contributed by atoms with Gasteiger partial charge in [-0.25, -0.2) is 9.59 Å². The quantitative estimate of drug-likeness (QED) is 0.850. The van der Waals surface area contributed by atoms with Crippen LogP contribution < -0.4 is 15.5 Å². The van der Waals surface area contributed by atoms with Crippen LogP contribution in [-0.4, -0.2) is 25.3 Å². The molecule has 6 heteroatoms. The first-order chi connectivity index (χ1) is 12.6. The normalized spacial score (nSPS) is 14.7. The molecule has 0 aliphatic carbocycles. The molecule has 3 rings (SSSR count). The molecule has 1 atom stereocenters. The van der Waals surface area contributed by atoms with Crippen LogP contribution in [0.2, 0.25) is 0 Å². The van der Waals surface area contributed by atoms with Crippen molar-refractivity contribution >= 4 is 23.5 Å². The number of anilines is 2. The molecule has 0 radical (unpaired) electrons. The Labute approximate surface area is 153 Å². The smallest absolute Gasteiger partial charge is 0.414 e. The monoisotopic (exact) mass is 353 g/mol. The summed E-state index contributed by atoms with van der Waals surface area (Å²) in [6.07, 6.45) is 0.652. The zero-order valence-electron chi connectivity index (χ0n) is 15.0. The van der Waals surface area contributed by atoms with Crippen LogP contribution in [0.1, 0.15) is 31.0 Å². The first-order valence-electron chi connectivity index (χ1n) is 8.77. The summed E-state index contributed by atoms with van der Waals surface area (Å²) in [4.78, 5) is 25.3. The second-order valence-electron chi connectivity index (χ2n) is 6.23. The number of nitrogens with one attached hydrogen (secondary N) is 2. The predicted molar refractivity (Wildman–Crippen MR) is 102 cm³/mol. The molecule has 136 valence electrons. The summed E-state index contributed by atoms with van der Waals surface area (Å²) >= 11 is 0. The number of ether oxygens (including phenoxy) is 1. The lowest BCUT2D eigenvalue weighted by Gasteiger charge is -2.16. The summed E-state index contributed by atoms with van der Waals surface area (Å²) in [6, 6.07) is 15.0. The molecule has 3 amide bonds. The molecule has 1 heterocycles. The number of carbonyl (C=O) groups excluding carboxylic acids is 2. The molecular weight excluding hydrogens is 330 g/mol. The lowest BCUT2D eigenvalue weighted by atomic mass is 10.1. The average molecular weight is 353 g/mol. The minimum atomic E-state index is -0.341. The molecule has 1 aliphatic rings. The molecule has 1 saturated heterocycles. The summed E-state index contributed by atoms with van der Waals surface area (Å²) in [6.45, 7) is 5.00. The second-order valence-corrected chi connectivity index (χ2v) is 6.23. The van der Waals surface area contributed by atoms with E-state index in [0.29, 0.717) is 18.8 Å². The number of nitrogens with zero attached hydrogens (tertiary/aromatic N) is 1. The SMILES string of the molecule is CCc1ccc(C(C)NC(=O)Nc2ccc(N3CCOC3=O)cc2)cc1. The number of urea groups is 1. The third-order valence-corrected chi connectivity index (χ3v) is 4.43. The highest BCUT2D eigenvalue weighted by atomic mass is 16.6. The van der Waals surface area contributed by atoms with E-state index in [-0.39, 0.29) is 18.2 Å². The maximum absolute atomic E-state index is 12.2. The maximum Gasteiger partial charge on any atom is 0.414 e. The highest BCUT2D eigenvalue weighted by Gasteiger charge is 2.23. The van der Waals surface area contributed by atoms with Gasteiger partial charge in [0.2, 0.25) is 0 Å². The number of carbonyl (C=O) groups is 2. The molecule has 2 aromatic carbocycles. The number of amides is 3. The van der Waals surface area contributed by atoms with E-state index in [4.69, 9.17) is 4.74 Å². The van der Waals surface area contributed by atoms with Gasteiger partial charge in [0.25, 0.3) is 0 Å². The van der Waals surface area contributed by atoms with E-state index in [9.17, 15) is 9.59 Å². The molecule has 26 heavy (non-hydrogen) atoms. The Morgan fingerprint density at radius 2 is 1.85 bits per heavy atom. The van der Waals surface area contributed by atoms with E-state index in [2.05, 4.69) is 29.7 Å². The standard InChI is InChI=1S/C20H23N3O3/c1-3-15-4-6-16(7-5-15)14(2)21-19(24)22-17-8-10-18(11-9-17)23-12-13-26-20(23)25/h4-11,14H,3,12-13H2,1-2H3,(H2,21,22,24). The average Bonchev–Trinajstić information content (AvgIpc) is 3.08. The van der Waals surface area contributed by atoms with Crippen molar-refractivity contribution in [1.82, 2.24) is 5.32 Å². The van der Waals surface area contributed by atoms with E-state index in [0.717, 1.165) is 17.7 Å². The molecule has 0 aromatic heterocycles. The highest BCUT2D eigenvalue weighted by molar-refractivity contribution is 5.91. The zero-order chi connectivity index (χ0) is 18.5. The summed E-state index contributed by atoms with van der Waals surface area (Å²) < 4.78 is 4.92. The van der Waals surface area contributed by atoms with Crippen LogP contribution in [0.4, 0.5) is 21.0 Å². The molecular formula is C20H23N3O3. The number of hydrogen-bond acceptors (Lipinski definition) is 3. The predicted octanol–water partition coefficient (Wildman–Crippen LogP) is 4.09. The summed E-state index contributed by atoms with van der Waals surface area (Å²) in [5, 5.41) is 5.73. The van der Waals surface area contributed by atoms with Crippen LogP contribution in [-0.2, 0) is 11.2 Å². The first-order valence-corrected chi connectivity index (χ1v) is 8.77. The minimum Gasteiger partial charge on any atom is -0.447 e. The maximum atomic E-state index is 12.2. The van der Waals surface area contributed by atoms with Gasteiger partial charge in [-0.1, -0.05) is 31.2 Å². The fourth-order valence-electron chi connectivity index (χ4n) is 2.84. The summed E-state index contributed by atoms with van der Waals surface area (Å²) in [5.74, 6) is 0. The van der Waals surface area contributed by atoms with Crippen molar-refractivity contribution in [3.63, 3.8) is 0 Å². The van der Waals surface area contributed by atoms with Gasteiger partial charge in [-0.3, -0.25) is 4.90 Å². The van der Waals surface area contributed by atoms with Crippen LogP contribution in [0.15, 0.2) is 48.5 Å². The lowest BCUT2D eigenvalue weighted by Crippen LogP contribution is -2.31. The third-order valence-electron chi connectivity index (χ3n) is 4.43. The van der Waals surface area contributed by atoms with Gasteiger partial charge in [0.05, 0.1) is 12.6 Å². The molecule has 1 fully saturated rings. The largest absolute Gasteiger partial charge is 0.447 e. The zero-order valence-corrected chi connectivity index (χ0v) is 15.0. The van der Waals surface area contributed by atoms with E-state index >= 15 is 0 Å². The highest BCUT2D eigenvalue weighted by Crippen LogP contribution is 2.21. The molecule has 1 aliphatic heterocycles. The Bertz CT molecular complexity index is 772. The van der Waals surface area contributed by atoms with Gasteiger partial charge in [-0.05, 0) is 48.7 Å². The molecule has 0 saturated carbocycles. The van der Waals surface area contributed by atoms with Crippen LogP contribution >= 0.6 is 0 Å². The topological polar surface area (TPSA) is 70.7 Å². The Morgan fingerprint density at radius 3 is 2.42 bits per heavy atom. The third kappa shape index (κ3) is 4.14. The number of aryl methyl sites for hydroxylation is 1. The molecule has 6 nitrogen and oxygen atoms in total. The molecule has 2 N–H and O–H groups in total. The van der Waals surface area contributed by atoms with E-state index in [1.165, 1.54) is 5.56 Å². The summed E-state index contributed by atoms with van der Waals surface area (Å²) in [7, 11) is 0. The minimum absolute atomic E-state index is 0.0976. The van der Waals surface area contributed by atoms with E-state index < -0.39 is 0 Å². The number of cyclic esters (lactones) is 1. The molecule has 1 unspecified atom stereocenters. The number of benzene rings is 2. The van der Waals surface area contributed by atoms with Gasteiger partial charge in [0, 0.05) is 11.4 Å². The molecule has 0 bridgehead atoms. The van der Waals surface area contributed by atoms with Gasteiger partial charge < -0.3 is 15.4 Å². The van der Waals surface area contributed by atoms with Gasteiger partial charge in [0.15, 0.2) is 0 Å². The fraction of sp³-hybridized carbons (Fsp3) is 0.300. The number of hydrogen-bond donors (Lipinski definition) is 2. The molecule has 0 spiro atoms. The second kappa shape index (κ2) is 7.91. The Hall–Kier alpha value is -3.02. The van der Waals surface area contributed by atoms with E-state index in [1.54, 1.807) is 29.2 Å². The van der Waals surface area contributed by atoms with E-state index in [1.807, 2.05) is 19.1 Å². The Morgan fingerprint density at radius 1 is 1.15 bits per heavy atom. The fourth-order valence-corrected chi connectivity index (χ4v) is 2.84. The summed E-state index contributed by atoms with van der Waals surface area (Å²) in [5.41, 5.74) is 3.74. The van der Waals surface area contributed by atoms with Crippen molar-refractivity contribution in [3.8, 4) is 0 Å². The number of rotatable bonds is 5. The van der Waals surface area contributed by atoms with Crippen molar-refractivity contribution in [1.29, 1.82) is 0 Å². The van der Waals surface area contributed by atoms with Crippen LogP contribution in [0.25, 0.3) is 0 Å². The van der Waals surface area contributed by atoms with Gasteiger partial charge in [0.1, 0.15) is 6.61 Å². The Balaban J connectivity index is 1.56. The first kappa shape index (κ1) is 17.8. The van der Waals surface area contributed by atoms with Crippen LogP contribution in [0.3, 0.4) is 0 Å². The van der Waals surface area contributed by atoms with Gasteiger partial charge in [-0.2, -0.15) is 0 Å². The van der Waals surface area contributed by atoms with Crippen molar-refractivity contribution in [2.24, 2.45) is 0 Å². The van der Waals surface area contributed by atoms with Gasteiger partial charge >= 0.3 is 12.1 Å². The Kier molecular flexibility index (Phi) is 5.41. The van der Waals surface area contributed by atoms with Crippen molar-refractivity contribution in [3.05, 3.63) is 59.7 Å². The lowest BCUT2D eigenvalue weighted by molar-refractivity contribution is 0.181. The molecule has 2 aromatic rings. The van der Waals surface area contributed by atoms with Crippen molar-refractivity contribution in [2.75, 3.05) is 23.4 Å². The van der Waals surface area contributed by atoms with Gasteiger partial charge in [-0.15, -0.1) is 0 Å². The van der Waals surface area contributed by atoms with Crippen molar-refractivity contribution < 1.29 is 14.3 Å². The van der Waals surface area contributed by atoms with Crippen LogP contribution in [0, 0.1) is 0 Å². The van der Waals surface area contributed by atoms with Crippen LogP contribution in [0.5, 0.6) is 0 Å². The van der Waals surface area contributed by atoms with Crippen molar-refractivity contribution in [2.45, 2.75) is 26.3 Å².